The Hall–Kier alpha value is -3.24. The number of Topliss-reactive ketones (excluding diaryl/α,β-unsaturated/α-hetero) is 1. The molecule has 0 unspecified atom stereocenters. The number of hydroxylamine groups is 1. The molecule has 0 bridgehead atoms. The van der Waals surface area contributed by atoms with Gasteiger partial charge in [-0.15, -0.1) is 0 Å². The molecule has 0 aliphatic heterocycles. The van der Waals surface area contributed by atoms with Crippen LogP contribution >= 0.6 is 0 Å². The van der Waals surface area contributed by atoms with Crippen molar-refractivity contribution in [3.05, 3.63) is 89.5 Å². The van der Waals surface area contributed by atoms with Gasteiger partial charge in [0.1, 0.15) is 5.78 Å². The van der Waals surface area contributed by atoms with Crippen LogP contribution in [0.25, 0.3) is 16.8 Å². The maximum atomic E-state index is 12.5. The van der Waals surface area contributed by atoms with E-state index in [9.17, 15) is 9.59 Å². The van der Waals surface area contributed by atoms with Crippen LogP contribution < -0.4 is 5.48 Å². The predicted molar refractivity (Wildman–Crippen MR) is 102 cm³/mol. The summed E-state index contributed by atoms with van der Waals surface area (Å²) in [6.07, 6.45) is 3.60. The van der Waals surface area contributed by atoms with Crippen molar-refractivity contribution < 1.29 is 14.8 Å². The number of ketones is 1. The second-order valence-electron chi connectivity index (χ2n) is 6.08. The lowest BCUT2D eigenvalue weighted by Gasteiger charge is -2.06. The highest BCUT2D eigenvalue weighted by atomic mass is 16.5. The first-order valence-corrected chi connectivity index (χ1v) is 8.35. The molecule has 3 aromatic rings. The first-order valence-electron chi connectivity index (χ1n) is 8.35. The molecule has 0 radical (unpaired) electrons. The van der Waals surface area contributed by atoms with Crippen molar-refractivity contribution in [2.45, 2.75) is 12.8 Å². The highest BCUT2D eigenvalue weighted by Gasteiger charge is 2.08. The van der Waals surface area contributed by atoms with E-state index in [1.807, 2.05) is 66.7 Å². The van der Waals surface area contributed by atoms with Crippen LogP contribution in [0.2, 0.25) is 0 Å². The van der Waals surface area contributed by atoms with Crippen LogP contribution in [0.5, 0.6) is 0 Å². The summed E-state index contributed by atoms with van der Waals surface area (Å²) < 4.78 is 0. The maximum Gasteiger partial charge on any atom is 0.267 e. The molecule has 0 fully saturated rings. The monoisotopic (exact) mass is 345 g/mol. The van der Waals surface area contributed by atoms with Crippen molar-refractivity contribution in [1.82, 2.24) is 5.48 Å². The van der Waals surface area contributed by atoms with E-state index in [0.29, 0.717) is 12.8 Å². The van der Waals surface area contributed by atoms with Gasteiger partial charge in [-0.05, 0) is 33.5 Å². The summed E-state index contributed by atoms with van der Waals surface area (Å²) in [4.78, 5) is 23.4. The van der Waals surface area contributed by atoms with Crippen LogP contribution in [-0.2, 0) is 22.4 Å². The van der Waals surface area contributed by atoms with Crippen molar-refractivity contribution in [2.75, 3.05) is 0 Å². The zero-order chi connectivity index (χ0) is 18.4. The molecule has 4 heteroatoms. The van der Waals surface area contributed by atoms with Crippen molar-refractivity contribution in [2.24, 2.45) is 0 Å². The predicted octanol–water partition coefficient (Wildman–Crippen LogP) is 3.71. The van der Waals surface area contributed by atoms with E-state index in [0.717, 1.165) is 27.5 Å². The van der Waals surface area contributed by atoms with Gasteiger partial charge in [0.15, 0.2) is 0 Å². The van der Waals surface area contributed by atoms with Gasteiger partial charge in [0.25, 0.3) is 5.91 Å². The number of carbonyl (C=O) groups excluding carboxylic acids is 2. The van der Waals surface area contributed by atoms with Gasteiger partial charge in [0.05, 0.1) is 0 Å². The first kappa shape index (κ1) is 17.6. The van der Waals surface area contributed by atoms with Gasteiger partial charge in [-0.25, -0.2) is 5.48 Å². The van der Waals surface area contributed by atoms with Crippen molar-refractivity contribution in [3.63, 3.8) is 0 Å². The van der Waals surface area contributed by atoms with Crippen LogP contribution in [0.4, 0.5) is 0 Å². The van der Waals surface area contributed by atoms with Crippen molar-refractivity contribution in [3.8, 4) is 0 Å². The summed E-state index contributed by atoms with van der Waals surface area (Å²) in [5, 5.41) is 10.7. The molecule has 0 spiro atoms. The second kappa shape index (κ2) is 8.23. The summed E-state index contributed by atoms with van der Waals surface area (Å²) in [6, 6.07) is 21.5. The third-order valence-electron chi connectivity index (χ3n) is 4.19. The quantitative estimate of drug-likeness (QED) is 0.407. The number of fused-ring (bicyclic) bond motifs is 1. The Bertz CT molecular complexity index is 953. The molecule has 0 atom stereocenters. The Balaban J connectivity index is 1.66. The molecule has 0 saturated heterocycles. The Kier molecular flexibility index (Phi) is 5.56. The average molecular weight is 345 g/mol. The molecule has 0 heterocycles. The second-order valence-corrected chi connectivity index (χ2v) is 6.08. The Morgan fingerprint density at radius 2 is 1.62 bits per heavy atom. The van der Waals surface area contributed by atoms with E-state index < -0.39 is 5.91 Å². The molecule has 0 saturated carbocycles. The van der Waals surface area contributed by atoms with Crippen molar-refractivity contribution in [1.29, 1.82) is 0 Å². The molecule has 0 aliphatic carbocycles. The Labute approximate surface area is 151 Å². The normalized spacial score (nSPS) is 11.0. The van der Waals surface area contributed by atoms with E-state index in [2.05, 4.69) is 0 Å². The van der Waals surface area contributed by atoms with Gasteiger partial charge >= 0.3 is 0 Å². The van der Waals surface area contributed by atoms with Gasteiger partial charge in [-0.1, -0.05) is 66.7 Å². The molecule has 0 aliphatic rings. The highest BCUT2D eigenvalue weighted by molar-refractivity contribution is 5.92. The number of benzene rings is 3. The smallest absolute Gasteiger partial charge is 0.267 e. The molecular weight excluding hydrogens is 326 g/mol. The summed E-state index contributed by atoms with van der Waals surface area (Å²) in [7, 11) is 0. The Morgan fingerprint density at radius 1 is 0.885 bits per heavy atom. The molecule has 0 aromatic heterocycles. The number of nitrogens with one attached hydrogen (secondary N) is 1. The fourth-order valence-corrected chi connectivity index (χ4v) is 2.91. The van der Waals surface area contributed by atoms with Gasteiger partial charge in [-0.3, -0.25) is 14.8 Å². The standard InChI is InChI=1S/C22H19NO3/c24-20(15-19-6-3-5-18-4-1-2-7-21(18)19)14-17-10-8-16(9-11-17)12-13-22(25)23-26/h1-13,26H,14-15H2,(H,23,25)/b13-12+. The fraction of sp³-hybridized carbons (Fsp3) is 0.0909. The van der Waals surface area contributed by atoms with Gasteiger partial charge in [0.2, 0.25) is 0 Å². The van der Waals surface area contributed by atoms with Crippen LogP contribution in [-0.4, -0.2) is 16.9 Å². The average Bonchev–Trinajstić information content (AvgIpc) is 2.67. The first-order chi connectivity index (χ1) is 12.7. The lowest BCUT2D eigenvalue weighted by Crippen LogP contribution is -2.14. The van der Waals surface area contributed by atoms with Crippen LogP contribution in [0.15, 0.2) is 72.8 Å². The number of hydrogen-bond acceptors (Lipinski definition) is 3. The van der Waals surface area contributed by atoms with Crippen LogP contribution in [0, 0.1) is 0 Å². The Morgan fingerprint density at radius 3 is 2.38 bits per heavy atom. The third kappa shape index (κ3) is 4.43. The minimum absolute atomic E-state index is 0.157. The number of rotatable bonds is 6. The van der Waals surface area contributed by atoms with Gasteiger partial charge in [-0.2, -0.15) is 0 Å². The van der Waals surface area contributed by atoms with Crippen molar-refractivity contribution >= 4 is 28.5 Å². The zero-order valence-electron chi connectivity index (χ0n) is 14.2. The number of carbonyl (C=O) groups is 2. The summed E-state index contributed by atoms with van der Waals surface area (Å²) >= 11 is 0. The zero-order valence-corrected chi connectivity index (χ0v) is 14.2. The molecule has 2 N–H and O–H groups in total. The van der Waals surface area contributed by atoms with E-state index in [4.69, 9.17) is 5.21 Å². The third-order valence-corrected chi connectivity index (χ3v) is 4.19. The minimum atomic E-state index is -0.584. The number of hydrogen-bond donors (Lipinski definition) is 2. The van der Waals surface area contributed by atoms with E-state index in [-0.39, 0.29) is 5.78 Å². The number of amides is 1. The molecule has 3 rings (SSSR count). The minimum Gasteiger partial charge on any atom is -0.299 e. The molecule has 1 amide bonds. The lowest BCUT2D eigenvalue weighted by atomic mass is 9.97. The molecule has 4 nitrogen and oxygen atoms in total. The lowest BCUT2D eigenvalue weighted by molar-refractivity contribution is -0.124. The summed E-state index contributed by atoms with van der Waals surface area (Å²) in [5.74, 6) is -0.427. The van der Waals surface area contributed by atoms with E-state index in [1.54, 1.807) is 6.08 Å². The molecule has 130 valence electrons. The van der Waals surface area contributed by atoms with Gasteiger partial charge in [0, 0.05) is 18.9 Å². The fourth-order valence-electron chi connectivity index (χ4n) is 2.91. The van der Waals surface area contributed by atoms with E-state index >= 15 is 0 Å². The van der Waals surface area contributed by atoms with Gasteiger partial charge < -0.3 is 0 Å². The summed E-state index contributed by atoms with van der Waals surface area (Å²) in [6.45, 7) is 0. The highest BCUT2D eigenvalue weighted by Crippen LogP contribution is 2.19. The molecule has 3 aromatic carbocycles. The topological polar surface area (TPSA) is 66.4 Å². The van der Waals surface area contributed by atoms with Crippen LogP contribution in [0.1, 0.15) is 16.7 Å². The molecule has 26 heavy (non-hydrogen) atoms. The maximum absolute atomic E-state index is 12.5. The molecular formula is C22H19NO3. The van der Waals surface area contributed by atoms with Crippen LogP contribution in [0.3, 0.4) is 0 Å². The largest absolute Gasteiger partial charge is 0.299 e. The summed E-state index contributed by atoms with van der Waals surface area (Å²) in [5.41, 5.74) is 4.33. The van der Waals surface area contributed by atoms with E-state index in [1.165, 1.54) is 11.6 Å². The SMILES string of the molecule is O=C(Cc1ccc(/C=C/C(=O)NO)cc1)Cc1cccc2ccccc12.